The maximum atomic E-state index is 12.1. The lowest BCUT2D eigenvalue weighted by Gasteiger charge is -2.08. The summed E-state index contributed by atoms with van der Waals surface area (Å²) in [7, 11) is 0. The van der Waals surface area contributed by atoms with Gasteiger partial charge in [0.1, 0.15) is 5.82 Å². The smallest absolute Gasteiger partial charge is 0.251 e. The second kappa shape index (κ2) is 5.93. The Morgan fingerprint density at radius 3 is 2.84 bits per heavy atom. The summed E-state index contributed by atoms with van der Waals surface area (Å²) in [5.41, 5.74) is 2.41. The van der Waals surface area contributed by atoms with Gasteiger partial charge in [-0.05, 0) is 37.6 Å². The molecule has 98 valence electrons. The van der Waals surface area contributed by atoms with Crippen LogP contribution in [0.1, 0.15) is 27.4 Å². The summed E-state index contributed by atoms with van der Waals surface area (Å²) in [6.07, 6.45) is 1.69. The number of benzene rings is 1. The summed E-state index contributed by atoms with van der Waals surface area (Å²) in [5.74, 6) is 0.598. The lowest BCUT2D eigenvalue weighted by atomic mass is 10.1. The molecule has 19 heavy (non-hydrogen) atoms. The van der Waals surface area contributed by atoms with Gasteiger partial charge < -0.3 is 5.32 Å². The van der Waals surface area contributed by atoms with Crippen LogP contribution in [-0.4, -0.2) is 15.9 Å². The van der Waals surface area contributed by atoms with Gasteiger partial charge in [0.2, 0.25) is 0 Å². The van der Waals surface area contributed by atoms with Crippen molar-refractivity contribution in [3.8, 4) is 0 Å². The van der Waals surface area contributed by atoms with Crippen molar-refractivity contribution < 1.29 is 4.79 Å². The normalized spacial score (nSPS) is 10.3. The Morgan fingerprint density at radius 2 is 2.11 bits per heavy atom. The first-order chi connectivity index (χ1) is 9.06. The third-order valence-corrected chi connectivity index (χ3v) is 3.20. The Morgan fingerprint density at radius 1 is 1.32 bits per heavy atom. The van der Waals surface area contributed by atoms with Crippen LogP contribution in [0, 0.1) is 13.8 Å². The van der Waals surface area contributed by atoms with Crippen LogP contribution in [0.5, 0.6) is 0 Å². The van der Waals surface area contributed by atoms with Gasteiger partial charge in [-0.25, -0.2) is 9.97 Å². The number of hydrogen-bond acceptors (Lipinski definition) is 3. The summed E-state index contributed by atoms with van der Waals surface area (Å²) in [6, 6.07) is 7.44. The molecule has 4 nitrogen and oxygen atoms in total. The zero-order valence-corrected chi connectivity index (χ0v) is 12.4. The van der Waals surface area contributed by atoms with E-state index in [1.807, 2.05) is 32.0 Å². The van der Waals surface area contributed by atoms with Crippen molar-refractivity contribution >= 4 is 21.8 Å². The first kappa shape index (κ1) is 13.7. The van der Waals surface area contributed by atoms with Gasteiger partial charge in [0.05, 0.1) is 12.2 Å². The summed E-state index contributed by atoms with van der Waals surface area (Å²) in [5, 5.41) is 2.86. The average molecular weight is 320 g/mol. The predicted molar refractivity (Wildman–Crippen MR) is 76.8 cm³/mol. The van der Waals surface area contributed by atoms with Crippen molar-refractivity contribution in [1.82, 2.24) is 15.3 Å². The lowest BCUT2D eigenvalue weighted by molar-refractivity contribution is 0.0949. The third kappa shape index (κ3) is 3.61. The number of nitrogens with zero attached hydrogens (tertiary/aromatic N) is 2. The van der Waals surface area contributed by atoms with Crippen molar-refractivity contribution in [1.29, 1.82) is 0 Å². The monoisotopic (exact) mass is 319 g/mol. The van der Waals surface area contributed by atoms with Gasteiger partial charge in [-0.15, -0.1) is 0 Å². The van der Waals surface area contributed by atoms with Gasteiger partial charge in [0.25, 0.3) is 5.91 Å². The Hall–Kier alpha value is -1.75. The molecule has 0 aliphatic heterocycles. The molecule has 0 saturated heterocycles. The molecule has 5 heteroatoms. The molecule has 1 aromatic heterocycles. The fourth-order valence-corrected chi connectivity index (χ4v) is 2.07. The largest absolute Gasteiger partial charge is 0.346 e. The van der Waals surface area contributed by atoms with Crippen molar-refractivity contribution in [3.63, 3.8) is 0 Å². The Labute approximate surface area is 120 Å². The highest BCUT2D eigenvalue weighted by Gasteiger charge is 2.09. The van der Waals surface area contributed by atoms with Gasteiger partial charge in [-0.3, -0.25) is 4.79 Å². The summed E-state index contributed by atoms with van der Waals surface area (Å²) < 4.78 is 0.890. The van der Waals surface area contributed by atoms with Crippen LogP contribution >= 0.6 is 15.9 Å². The Balaban J connectivity index is 2.07. The molecule has 1 aromatic carbocycles. The zero-order chi connectivity index (χ0) is 13.8. The third-order valence-electron chi connectivity index (χ3n) is 2.71. The van der Waals surface area contributed by atoms with E-state index in [-0.39, 0.29) is 5.91 Å². The summed E-state index contributed by atoms with van der Waals surface area (Å²) >= 11 is 3.37. The topological polar surface area (TPSA) is 54.9 Å². The SMILES string of the molecule is Cc1nccc(CNC(=O)c2cc(Br)ccc2C)n1. The van der Waals surface area contributed by atoms with Gasteiger partial charge in [-0.1, -0.05) is 22.0 Å². The number of halogens is 1. The number of rotatable bonds is 3. The number of carbonyl (C=O) groups excluding carboxylic acids is 1. The number of aromatic nitrogens is 2. The van der Waals surface area contributed by atoms with E-state index in [1.54, 1.807) is 12.3 Å². The molecule has 0 aliphatic rings. The molecule has 0 saturated carbocycles. The second-order valence-corrected chi connectivity index (χ2v) is 5.15. The minimum absolute atomic E-state index is 0.102. The lowest BCUT2D eigenvalue weighted by Crippen LogP contribution is -2.24. The molecule has 1 N–H and O–H groups in total. The second-order valence-electron chi connectivity index (χ2n) is 4.24. The molecule has 2 rings (SSSR count). The van der Waals surface area contributed by atoms with Crippen LogP contribution in [-0.2, 0) is 6.54 Å². The van der Waals surface area contributed by atoms with Crippen LogP contribution in [0.25, 0.3) is 0 Å². The van der Waals surface area contributed by atoms with E-state index in [9.17, 15) is 4.79 Å². The fourth-order valence-electron chi connectivity index (χ4n) is 1.71. The molecule has 0 bridgehead atoms. The molecule has 0 atom stereocenters. The van der Waals surface area contributed by atoms with Crippen LogP contribution < -0.4 is 5.32 Å². The van der Waals surface area contributed by atoms with Crippen LogP contribution in [0.15, 0.2) is 34.9 Å². The molecule has 1 heterocycles. The van der Waals surface area contributed by atoms with E-state index < -0.39 is 0 Å². The van der Waals surface area contributed by atoms with Gasteiger partial charge in [-0.2, -0.15) is 0 Å². The molecular weight excluding hydrogens is 306 g/mol. The Kier molecular flexibility index (Phi) is 4.27. The number of nitrogens with one attached hydrogen (secondary N) is 1. The van der Waals surface area contributed by atoms with Gasteiger partial charge in [0.15, 0.2) is 0 Å². The molecule has 2 aromatic rings. The zero-order valence-electron chi connectivity index (χ0n) is 10.8. The number of hydrogen-bond donors (Lipinski definition) is 1. The number of carbonyl (C=O) groups is 1. The molecule has 0 radical (unpaired) electrons. The number of amides is 1. The standard InChI is InChI=1S/C14H14BrN3O/c1-9-3-4-11(15)7-13(9)14(19)17-8-12-5-6-16-10(2)18-12/h3-7H,8H2,1-2H3,(H,17,19). The quantitative estimate of drug-likeness (QED) is 0.946. The molecule has 0 fully saturated rings. The minimum Gasteiger partial charge on any atom is -0.346 e. The average Bonchev–Trinajstić information content (AvgIpc) is 2.39. The van der Waals surface area contributed by atoms with Crippen molar-refractivity contribution in [2.75, 3.05) is 0 Å². The highest BCUT2D eigenvalue weighted by atomic mass is 79.9. The highest BCUT2D eigenvalue weighted by Crippen LogP contribution is 2.16. The summed E-state index contributed by atoms with van der Waals surface area (Å²) in [6.45, 7) is 4.13. The van der Waals surface area contributed by atoms with Crippen molar-refractivity contribution in [2.45, 2.75) is 20.4 Å². The maximum Gasteiger partial charge on any atom is 0.251 e. The van der Waals surface area contributed by atoms with Crippen molar-refractivity contribution in [3.05, 3.63) is 57.6 Å². The molecule has 1 amide bonds. The van der Waals surface area contributed by atoms with E-state index in [1.165, 1.54) is 0 Å². The molecule has 0 aliphatic carbocycles. The Bertz CT molecular complexity index is 613. The van der Waals surface area contributed by atoms with Gasteiger partial charge >= 0.3 is 0 Å². The van der Waals surface area contributed by atoms with E-state index in [4.69, 9.17) is 0 Å². The summed E-state index contributed by atoms with van der Waals surface area (Å²) in [4.78, 5) is 20.4. The maximum absolute atomic E-state index is 12.1. The first-order valence-corrected chi connectivity index (χ1v) is 6.68. The predicted octanol–water partition coefficient (Wildman–Crippen LogP) is 2.79. The van der Waals surface area contributed by atoms with E-state index in [0.717, 1.165) is 15.7 Å². The van der Waals surface area contributed by atoms with Crippen molar-refractivity contribution in [2.24, 2.45) is 0 Å². The molecule has 0 spiro atoms. The molecule has 0 unspecified atom stereocenters. The van der Waals surface area contributed by atoms with E-state index >= 15 is 0 Å². The highest BCUT2D eigenvalue weighted by molar-refractivity contribution is 9.10. The molecular formula is C14H14BrN3O. The van der Waals surface area contributed by atoms with Crippen LogP contribution in [0.2, 0.25) is 0 Å². The minimum atomic E-state index is -0.102. The number of aryl methyl sites for hydroxylation is 2. The van der Waals surface area contributed by atoms with Gasteiger partial charge in [0, 0.05) is 16.2 Å². The van der Waals surface area contributed by atoms with Crippen LogP contribution in [0.4, 0.5) is 0 Å². The van der Waals surface area contributed by atoms with E-state index in [0.29, 0.717) is 17.9 Å². The fraction of sp³-hybridized carbons (Fsp3) is 0.214. The van der Waals surface area contributed by atoms with E-state index in [2.05, 4.69) is 31.2 Å². The first-order valence-electron chi connectivity index (χ1n) is 5.89. The van der Waals surface area contributed by atoms with Crippen LogP contribution in [0.3, 0.4) is 0 Å².